The summed E-state index contributed by atoms with van der Waals surface area (Å²) in [4.78, 5) is 12.6. The van der Waals surface area contributed by atoms with Crippen LogP contribution in [0.4, 0.5) is 4.39 Å². The second-order valence-corrected chi connectivity index (χ2v) is 21.4. The summed E-state index contributed by atoms with van der Waals surface area (Å²) in [6, 6.07) is 26.5. The van der Waals surface area contributed by atoms with E-state index in [0.29, 0.717) is 27.8 Å². The number of rotatable bonds is 4. The summed E-state index contributed by atoms with van der Waals surface area (Å²) >= 11 is -1.72. The van der Waals surface area contributed by atoms with Gasteiger partial charge >= 0.3 is 99.8 Å². The van der Waals surface area contributed by atoms with E-state index in [1.807, 2.05) is 30.5 Å². The topological polar surface area (TPSA) is 51.8 Å². The monoisotopic (exact) mass is 788 g/mol. The summed E-state index contributed by atoms with van der Waals surface area (Å²) < 4.78 is 52.2. The second kappa shape index (κ2) is 12.8. The molecule has 0 aliphatic rings. The van der Waals surface area contributed by atoms with Gasteiger partial charge in [-0.15, -0.1) is 18.2 Å². The minimum atomic E-state index is -2.38. The Morgan fingerprint density at radius 3 is 2.39 bits per heavy atom. The number of furan rings is 1. The molecule has 0 aliphatic heterocycles. The molecule has 4 nitrogen and oxygen atoms in total. The Hall–Kier alpha value is -3.19. The molecule has 6 aromatic rings. The first-order valence-electron chi connectivity index (χ1n) is 15.0. The Bertz CT molecular complexity index is 1930. The molecule has 6 rings (SSSR count). The Morgan fingerprint density at radius 1 is 0.927 bits per heavy atom. The van der Waals surface area contributed by atoms with Gasteiger partial charge in [-0.25, -0.2) is 0 Å². The SMILES string of the molecule is [2H]C([2H])([2H])c1cnc(-c2[c-]ccc3c2oc2nc(F)ccc23)cc1C([2H])(C)C.[CH3][Ge]([CH3])([CH3])[c]1ccc(-c2[c-]cccc2)nc1.[Ir]. The van der Waals surface area contributed by atoms with Crippen molar-refractivity contribution in [1.82, 2.24) is 15.0 Å². The predicted molar refractivity (Wildman–Crippen MR) is 164 cm³/mol. The number of pyridine rings is 3. The molecule has 1 radical (unpaired) electrons. The first-order valence-corrected chi connectivity index (χ1v) is 20.3. The van der Waals surface area contributed by atoms with Gasteiger partial charge in [0.1, 0.15) is 0 Å². The molecule has 0 spiro atoms. The summed E-state index contributed by atoms with van der Waals surface area (Å²) in [6.07, 6.45) is 3.32. The van der Waals surface area contributed by atoms with Gasteiger partial charge in [0, 0.05) is 37.2 Å². The van der Waals surface area contributed by atoms with Crippen molar-refractivity contribution >= 4 is 39.7 Å². The number of aromatic nitrogens is 3. The number of nitrogens with zero attached hydrogens (tertiary/aromatic N) is 3. The smallest absolute Gasteiger partial charge is 0 e. The van der Waals surface area contributed by atoms with E-state index in [-0.39, 0.29) is 31.4 Å². The molecular weight excluding hydrogens is 750 g/mol. The van der Waals surface area contributed by atoms with Gasteiger partial charge < -0.3 is 9.40 Å². The molecule has 2 aromatic carbocycles. The molecule has 0 atom stereocenters. The van der Waals surface area contributed by atoms with Crippen molar-refractivity contribution in [3.8, 4) is 22.5 Å². The zero-order valence-corrected chi connectivity index (χ0v) is 28.0. The van der Waals surface area contributed by atoms with Gasteiger partial charge in [-0.2, -0.15) is 9.37 Å². The van der Waals surface area contributed by atoms with Crippen molar-refractivity contribution in [3.63, 3.8) is 0 Å². The fourth-order valence-electron chi connectivity index (χ4n) is 4.35. The number of halogens is 1. The van der Waals surface area contributed by atoms with Crippen LogP contribution in [0.15, 0.2) is 83.5 Å². The predicted octanol–water partition coefficient (Wildman–Crippen LogP) is 8.51. The number of benzene rings is 2. The largest absolute Gasteiger partial charge is 0 e. The first kappa shape index (κ1) is 25.5. The van der Waals surface area contributed by atoms with Gasteiger partial charge in [-0.05, 0) is 41.7 Å². The van der Waals surface area contributed by atoms with E-state index in [0.717, 1.165) is 16.6 Å². The van der Waals surface area contributed by atoms with E-state index in [1.165, 1.54) is 16.7 Å². The molecular formula is C34H32FGeIrN3O-2. The average molecular weight is 786 g/mol. The number of hydrogen-bond donors (Lipinski definition) is 0. The maximum absolute atomic E-state index is 13.5. The van der Waals surface area contributed by atoms with Crippen molar-refractivity contribution in [2.45, 2.75) is 43.9 Å². The van der Waals surface area contributed by atoms with Crippen LogP contribution in [0.1, 0.15) is 36.4 Å². The molecule has 0 saturated heterocycles. The Balaban J connectivity index is 0.000000231. The Kier molecular flexibility index (Phi) is 7.95. The fraction of sp³-hybridized carbons (Fsp3) is 0.206. The summed E-state index contributed by atoms with van der Waals surface area (Å²) in [5.74, 6) is 5.35. The third-order valence-corrected chi connectivity index (χ3v) is 10.8. The maximum atomic E-state index is 13.5. The quantitative estimate of drug-likeness (QED) is 0.102. The summed E-state index contributed by atoms with van der Waals surface area (Å²) in [5, 5.41) is 1.39. The van der Waals surface area contributed by atoms with E-state index in [9.17, 15) is 4.39 Å². The van der Waals surface area contributed by atoms with Gasteiger partial charge in [-0.3, -0.25) is 0 Å². The molecule has 0 amide bonds. The van der Waals surface area contributed by atoms with Gasteiger partial charge in [0.2, 0.25) is 11.7 Å². The van der Waals surface area contributed by atoms with Crippen LogP contribution in [0.25, 0.3) is 44.6 Å². The molecule has 0 unspecified atom stereocenters. The van der Waals surface area contributed by atoms with Gasteiger partial charge in [0.25, 0.3) is 0 Å². The average Bonchev–Trinajstić information content (AvgIpc) is 3.34. The standard InChI is InChI=1S/C20H16FN2O.C14H16GeN.Ir/c1-11(2)16-9-17(22-10-12(16)3)15-6-4-5-13-14-7-8-18(21)23-20(14)24-19(13)15;1-15(2,3)13-9-10-14(16-11-13)12-7-5-4-6-8-12;/h4-5,7-11H,1-3H3;4-7,9-11H,1-3H3;/q2*-1;/i3D3,11D;;. The third kappa shape index (κ3) is 6.83. The maximum Gasteiger partial charge on any atom is 0 e. The van der Waals surface area contributed by atoms with Crippen molar-refractivity contribution in [1.29, 1.82) is 0 Å². The number of fused-ring (bicyclic) bond motifs is 3. The van der Waals surface area contributed by atoms with Crippen molar-refractivity contribution < 1.29 is 34.4 Å². The van der Waals surface area contributed by atoms with Crippen LogP contribution in [0.3, 0.4) is 0 Å². The summed E-state index contributed by atoms with van der Waals surface area (Å²) in [5.41, 5.74) is 3.98. The Morgan fingerprint density at radius 2 is 1.73 bits per heavy atom. The normalized spacial score (nSPS) is 13.3. The molecule has 0 N–H and O–H groups in total. The van der Waals surface area contributed by atoms with Crippen molar-refractivity contribution in [3.05, 3.63) is 108 Å². The second-order valence-electron chi connectivity index (χ2n) is 10.8. The molecule has 4 aromatic heterocycles. The molecule has 0 saturated carbocycles. The summed E-state index contributed by atoms with van der Waals surface area (Å²) in [6.45, 7) is 0.870. The summed E-state index contributed by atoms with van der Waals surface area (Å²) in [7, 11) is 0. The molecule has 0 bridgehead atoms. The zero-order valence-electron chi connectivity index (χ0n) is 27.5. The van der Waals surface area contributed by atoms with Crippen molar-refractivity contribution in [2.75, 3.05) is 0 Å². The minimum absolute atomic E-state index is 0. The van der Waals surface area contributed by atoms with Crippen LogP contribution < -0.4 is 4.40 Å². The Labute approximate surface area is 262 Å². The van der Waals surface area contributed by atoms with E-state index >= 15 is 0 Å². The van der Waals surface area contributed by atoms with Gasteiger partial charge in [0.15, 0.2) is 0 Å². The van der Waals surface area contributed by atoms with Crippen LogP contribution >= 0.6 is 0 Å². The van der Waals surface area contributed by atoms with E-state index in [2.05, 4.69) is 56.5 Å². The zero-order chi connectivity index (χ0) is 31.9. The molecule has 4 heterocycles. The van der Waals surface area contributed by atoms with Crippen LogP contribution in [0.5, 0.6) is 0 Å². The van der Waals surface area contributed by atoms with E-state index in [4.69, 9.17) is 9.90 Å². The van der Waals surface area contributed by atoms with Crippen LogP contribution in [0.2, 0.25) is 17.3 Å². The van der Waals surface area contributed by atoms with Gasteiger partial charge in [0.05, 0.1) is 5.58 Å². The van der Waals surface area contributed by atoms with Crippen LogP contribution in [-0.2, 0) is 20.1 Å². The van der Waals surface area contributed by atoms with Crippen LogP contribution in [0, 0.1) is 24.9 Å². The molecule has 0 fully saturated rings. The van der Waals surface area contributed by atoms with E-state index < -0.39 is 32.0 Å². The molecule has 0 aliphatic carbocycles. The van der Waals surface area contributed by atoms with Crippen LogP contribution in [-0.4, -0.2) is 28.2 Å². The molecule has 7 heteroatoms. The number of aryl methyl sites for hydroxylation is 1. The van der Waals surface area contributed by atoms with Gasteiger partial charge in [-0.1, -0.05) is 30.9 Å². The fourth-order valence-corrected chi connectivity index (χ4v) is 6.52. The molecule has 211 valence electrons. The first-order chi connectivity index (χ1) is 20.6. The van der Waals surface area contributed by atoms with Crippen molar-refractivity contribution in [2.24, 2.45) is 0 Å². The van der Waals surface area contributed by atoms with E-state index in [1.54, 1.807) is 38.1 Å². The minimum Gasteiger partial charge on any atom is 0 e. The number of hydrogen-bond acceptors (Lipinski definition) is 4. The molecule has 41 heavy (non-hydrogen) atoms. The third-order valence-electron chi connectivity index (χ3n) is 6.58.